The predicted octanol–water partition coefficient (Wildman–Crippen LogP) is 3.45. The maximum absolute atomic E-state index is 12.2. The van der Waals surface area contributed by atoms with Gasteiger partial charge in [0.05, 0.1) is 19.4 Å². The number of ether oxygens (including phenoxy) is 1. The Hall–Kier alpha value is -3.32. The summed E-state index contributed by atoms with van der Waals surface area (Å²) in [7, 11) is 0. The smallest absolute Gasteiger partial charge is 0.291 e. The van der Waals surface area contributed by atoms with Crippen LogP contribution in [-0.4, -0.2) is 33.6 Å². The van der Waals surface area contributed by atoms with Crippen LogP contribution in [0.2, 0.25) is 5.02 Å². The van der Waals surface area contributed by atoms with Gasteiger partial charge in [-0.2, -0.15) is 10.2 Å². The first kappa shape index (κ1) is 19.4. The summed E-state index contributed by atoms with van der Waals surface area (Å²) in [4.78, 5) is 12.2. The number of halogens is 1. The van der Waals surface area contributed by atoms with E-state index in [1.165, 1.54) is 12.3 Å². The van der Waals surface area contributed by atoms with Gasteiger partial charge in [-0.25, -0.2) is 5.43 Å². The highest BCUT2D eigenvalue weighted by molar-refractivity contribution is 6.30. The third-order valence-corrected chi connectivity index (χ3v) is 4.05. The van der Waals surface area contributed by atoms with E-state index < -0.39 is 5.91 Å². The lowest BCUT2D eigenvalue weighted by Gasteiger charge is -2.05. The number of hydrogen-bond donors (Lipinski definition) is 2. The number of aromatic nitrogens is 2. The topological polar surface area (TPSA) is 88.7 Å². The number of nitrogens with zero attached hydrogens (tertiary/aromatic N) is 3. The van der Waals surface area contributed by atoms with Crippen molar-refractivity contribution < 1.29 is 14.6 Å². The molecule has 144 valence electrons. The van der Waals surface area contributed by atoms with E-state index in [0.717, 1.165) is 5.56 Å². The molecule has 0 saturated carbocycles. The third-order valence-electron chi connectivity index (χ3n) is 3.79. The van der Waals surface area contributed by atoms with E-state index >= 15 is 0 Å². The van der Waals surface area contributed by atoms with E-state index in [2.05, 4.69) is 15.6 Å². The fourth-order valence-electron chi connectivity index (χ4n) is 2.46. The van der Waals surface area contributed by atoms with Gasteiger partial charge in [-0.3, -0.25) is 9.48 Å². The standard InChI is InChI=1S/C20H19ClN4O3/c1-2-28-19-8-5-15(11-18(19)26)12-22-23-20(27)17-9-10-25(24-17)13-14-3-6-16(21)7-4-14/h3-12,26H,2,13H2,1H3,(H,23,27)/b22-12+. The molecule has 7 nitrogen and oxygen atoms in total. The summed E-state index contributed by atoms with van der Waals surface area (Å²) in [6.45, 7) is 2.82. The molecule has 8 heteroatoms. The summed E-state index contributed by atoms with van der Waals surface area (Å²) in [5.41, 5.74) is 4.31. The van der Waals surface area contributed by atoms with Gasteiger partial charge in [-0.1, -0.05) is 23.7 Å². The van der Waals surface area contributed by atoms with Gasteiger partial charge in [0, 0.05) is 11.2 Å². The summed E-state index contributed by atoms with van der Waals surface area (Å²) in [5, 5.41) is 18.7. The number of hydrogen-bond acceptors (Lipinski definition) is 5. The van der Waals surface area contributed by atoms with Crippen molar-refractivity contribution in [2.24, 2.45) is 5.10 Å². The molecule has 2 aromatic carbocycles. The molecular weight excluding hydrogens is 380 g/mol. The lowest BCUT2D eigenvalue weighted by molar-refractivity contribution is 0.0949. The number of carbonyl (C=O) groups excluding carboxylic acids is 1. The zero-order valence-electron chi connectivity index (χ0n) is 15.2. The van der Waals surface area contributed by atoms with Crippen LogP contribution >= 0.6 is 11.6 Å². The van der Waals surface area contributed by atoms with Gasteiger partial charge in [0.25, 0.3) is 5.91 Å². The van der Waals surface area contributed by atoms with Gasteiger partial charge in [-0.05, 0) is 54.4 Å². The molecule has 1 heterocycles. The minimum Gasteiger partial charge on any atom is -0.504 e. The number of aromatic hydroxyl groups is 1. The Labute approximate surface area is 167 Å². The van der Waals surface area contributed by atoms with Gasteiger partial charge < -0.3 is 9.84 Å². The number of rotatable bonds is 7. The summed E-state index contributed by atoms with van der Waals surface area (Å²) < 4.78 is 6.92. The Bertz CT molecular complexity index is 983. The number of nitrogens with one attached hydrogen (secondary N) is 1. The molecule has 0 bridgehead atoms. The van der Waals surface area contributed by atoms with Crippen molar-refractivity contribution in [1.82, 2.24) is 15.2 Å². The summed E-state index contributed by atoms with van der Waals surface area (Å²) in [5.74, 6) is -0.0192. The average molecular weight is 399 g/mol. The summed E-state index contributed by atoms with van der Waals surface area (Å²) >= 11 is 5.87. The van der Waals surface area contributed by atoms with E-state index in [9.17, 15) is 9.90 Å². The maximum Gasteiger partial charge on any atom is 0.291 e. The Morgan fingerprint density at radius 3 is 2.79 bits per heavy atom. The molecule has 0 unspecified atom stereocenters. The molecule has 1 amide bonds. The van der Waals surface area contributed by atoms with Crippen LogP contribution in [0.3, 0.4) is 0 Å². The zero-order chi connectivity index (χ0) is 19.9. The SMILES string of the molecule is CCOc1ccc(/C=N/NC(=O)c2ccn(Cc3ccc(Cl)cc3)n2)cc1O. The second-order valence-electron chi connectivity index (χ2n) is 5.88. The number of amides is 1. The molecule has 3 rings (SSSR count). The monoisotopic (exact) mass is 398 g/mol. The average Bonchev–Trinajstić information content (AvgIpc) is 3.14. The highest BCUT2D eigenvalue weighted by Crippen LogP contribution is 2.26. The Kier molecular flexibility index (Phi) is 6.29. The maximum atomic E-state index is 12.2. The fourth-order valence-corrected chi connectivity index (χ4v) is 2.59. The van der Waals surface area contributed by atoms with E-state index in [1.807, 2.05) is 19.1 Å². The molecular formula is C20H19ClN4O3. The first-order chi connectivity index (χ1) is 13.5. The highest BCUT2D eigenvalue weighted by Gasteiger charge is 2.09. The number of hydrazone groups is 1. The van der Waals surface area contributed by atoms with Crippen molar-refractivity contribution in [1.29, 1.82) is 0 Å². The van der Waals surface area contributed by atoms with E-state index in [1.54, 1.807) is 41.2 Å². The van der Waals surface area contributed by atoms with Crippen LogP contribution in [0, 0.1) is 0 Å². The molecule has 0 fully saturated rings. The van der Waals surface area contributed by atoms with Crippen LogP contribution in [0.5, 0.6) is 11.5 Å². The molecule has 1 aromatic heterocycles. The van der Waals surface area contributed by atoms with Crippen molar-refractivity contribution in [3.63, 3.8) is 0 Å². The van der Waals surface area contributed by atoms with Crippen LogP contribution in [0.4, 0.5) is 0 Å². The first-order valence-corrected chi connectivity index (χ1v) is 9.00. The molecule has 0 radical (unpaired) electrons. The van der Waals surface area contributed by atoms with Crippen molar-refractivity contribution in [2.75, 3.05) is 6.61 Å². The minimum atomic E-state index is -0.429. The second-order valence-corrected chi connectivity index (χ2v) is 6.32. The first-order valence-electron chi connectivity index (χ1n) is 8.62. The van der Waals surface area contributed by atoms with Gasteiger partial charge in [0.15, 0.2) is 17.2 Å². The number of benzene rings is 2. The highest BCUT2D eigenvalue weighted by atomic mass is 35.5. The summed E-state index contributed by atoms with van der Waals surface area (Å²) in [6.07, 6.45) is 3.15. The molecule has 28 heavy (non-hydrogen) atoms. The van der Waals surface area contributed by atoms with Gasteiger partial charge in [0.2, 0.25) is 0 Å². The number of phenolic OH excluding ortho intramolecular Hbond substituents is 1. The molecule has 0 spiro atoms. The van der Waals surface area contributed by atoms with Crippen molar-refractivity contribution >= 4 is 23.7 Å². The Balaban J connectivity index is 1.57. The predicted molar refractivity (Wildman–Crippen MR) is 107 cm³/mol. The number of carbonyl (C=O) groups is 1. The quantitative estimate of drug-likeness (QED) is 0.471. The molecule has 0 aliphatic carbocycles. The van der Waals surface area contributed by atoms with E-state index in [0.29, 0.717) is 29.5 Å². The van der Waals surface area contributed by atoms with E-state index in [-0.39, 0.29) is 11.4 Å². The van der Waals surface area contributed by atoms with Crippen molar-refractivity contribution in [3.05, 3.63) is 76.6 Å². The van der Waals surface area contributed by atoms with Crippen molar-refractivity contribution in [2.45, 2.75) is 13.5 Å². The zero-order valence-corrected chi connectivity index (χ0v) is 15.9. The lowest BCUT2D eigenvalue weighted by Crippen LogP contribution is -2.18. The van der Waals surface area contributed by atoms with Crippen LogP contribution < -0.4 is 10.2 Å². The number of phenols is 1. The molecule has 0 aliphatic rings. The van der Waals surface area contributed by atoms with Crippen LogP contribution in [0.15, 0.2) is 59.8 Å². The normalized spacial score (nSPS) is 10.9. The largest absolute Gasteiger partial charge is 0.504 e. The molecule has 0 saturated heterocycles. The van der Waals surface area contributed by atoms with Crippen LogP contribution in [-0.2, 0) is 6.54 Å². The van der Waals surface area contributed by atoms with Crippen LogP contribution in [0.25, 0.3) is 0 Å². The molecule has 2 N–H and O–H groups in total. The van der Waals surface area contributed by atoms with Crippen LogP contribution in [0.1, 0.15) is 28.5 Å². The third kappa shape index (κ3) is 5.11. The fraction of sp³-hybridized carbons (Fsp3) is 0.150. The Morgan fingerprint density at radius 1 is 1.29 bits per heavy atom. The summed E-state index contributed by atoms with van der Waals surface area (Å²) in [6, 6.07) is 13.9. The van der Waals surface area contributed by atoms with Gasteiger partial charge in [0.1, 0.15) is 0 Å². The Morgan fingerprint density at radius 2 is 2.07 bits per heavy atom. The van der Waals surface area contributed by atoms with Gasteiger partial charge in [-0.15, -0.1) is 0 Å². The van der Waals surface area contributed by atoms with Gasteiger partial charge >= 0.3 is 0 Å². The molecule has 0 atom stereocenters. The van der Waals surface area contributed by atoms with Crippen molar-refractivity contribution in [3.8, 4) is 11.5 Å². The minimum absolute atomic E-state index is 0.0121. The lowest BCUT2D eigenvalue weighted by atomic mass is 10.2. The molecule has 0 aliphatic heterocycles. The second kappa shape index (κ2) is 9.05. The van der Waals surface area contributed by atoms with E-state index in [4.69, 9.17) is 16.3 Å². The molecule has 3 aromatic rings.